The molecule has 0 aliphatic carbocycles. The normalized spacial score (nSPS) is 11.1. The third kappa shape index (κ3) is 3.58. The summed E-state index contributed by atoms with van der Waals surface area (Å²) in [7, 11) is -4.01. The Bertz CT molecular complexity index is 810. The molecule has 0 atom stereocenters. The van der Waals surface area contributed by atoms with E-state index in [1.165, 1.54) is 12.1 Å². The van der Waals surface area contributed by atoms with Crippen LogP contribution in [0.3, 0.4) is 0 Å². The fourth-order valence-corrected chi connectivity index (χ4v) is 3.68. The van der Waals surface area contributed by atoms with Crippen molar-refractivity contribution < 1.29 is 12.8 Å². The summed E-state index contributed by atoms with van der Waals surface area (Å²) in [6.45, 7) is 0. The molecule has 0 unspecified atom stereocenters. The lowest BCUT2D eigenvalue weighted by Crippen LogP contribution is -2.21. The molecule has 0 bridgehead atoms. The van der Waals surface area contributed by atoms with E-state index in [1.54, 1.807) is 24.3 Å². The molecule has 4 nitrogen and oxygen atoms in total. The lowest BCUT2D eigenvalue weighted by molar-refractivity contribution is 0.594. The first kappa shape index (κ1) is 15.9. The largest absolute Gasteiger partial charge is 0.389 e. The van der Waals surface area contributed by atoms with Gasteiger partial charge < -0.3 is 5.73 Å². The highest BCUT2D eigenvalue weighted by Gasteiger charge is 2.22. The van der Waals surface area contributed by atoms with Crippen LogP contribution >= 0.6 is 28.1 Å². The SMILES string of the molecule is NC(=S)c1c(F)cccc1S(=O)(=O)Nc1cccc(Br)c1. The quantitative estimate of drug-likeness (QED) is 0.789. The van der Waals surface area contributed by atoms with E-state index in [9.17, 15) is 12.8 Å². The van der Waals surface area contributed by atoms with Crippen LogP contribution in [0.4, 0.5) is 10.1 Å². The molecule has 0 amide bonds. The average molecular weight is 389 g/mol. The summed E-state index contributed by atoms with van der Waals surface area (Å²) in [4.78, 5) is -0.613. The highest BCUT2D eigenvalue weighted by atomic mass is 79.9. The van der Waals surface area contributed by atoms with E-state index in [-0.39, 0.29) is 15.4 Å². The zero-order valence-corrected chi connectivity index (χ0v) is 13.7. The van der Waals surface area contributed by atoms with Gasteiger partial charge in [0.15, 0.2) is 0 Å². The zero-order valence-electron chi connectivity index (χ0n) is 10.5. The lowest BCUT2D eigenvalue weighted by Gasteiger charge is -2.12. The predicted octanol–water partition coefficient (Wildman–Crippen LogP) is 3.02. The molecule has 0 fully saturated rings. The van der Waals surface area contributed by atoms with Gasteiger partial charge in [-0.25, -0.2) is 12.8 Å². The maximum absolute atomic E-state index is 13.8. The molecule has 0 saturated heterocycles. The number of halogens is 2. The number of benzene rings is 2. The summed E-state index contributed by atoms with van der Waals surface area (Å²) in [5.74, 6) is -0.778. The number of hydrogen-bond acceptors (Lipinski definition) is 3. The topological polar surface area (TPSA) is 72.2 Å². The van der Waals surface area contributed by atoms with Crippen molar-refractivity contribution in [2.75, 3.05) is 4.72 Å². The Hall–Kier alpha value is -1.51. The van der Waals surface area contributed by atoms with Crippen LogP contribution < -0.4 is 10.5 Å². The number of thiocarbonyl (C=S) groups is 1. The molecule has 0 spiro atoms. The van der Waals surface area contributed by atoms with E-state index >= 15 is 0 Å². The van der Waals surface area contributed by atoms with Gasteiger partial charge in [-0.05, 0) is 30.3 Å². The molecule has 2 aromatic carbocycles. The number of nitrogens with two attached hydrogens (primary N) is 1. The van der Waals surface area contributed by atoms with Crippen molar-refractivity contribution in [1.82, 2.24) is 0 Å². The molecule has 110 valence electrons. The first-order chi connectivity index (χ1) is 9.81. The minimum absolute atomic E-state index is 0.296. The Labute approximate surface area is 135 Å². The van der Waals surface area contributed by atoms with Crippen LogP contribution in [0.2, 0.25) is 0 Å². The molecule has 2 rings (SSSR count). The predicted molar refractivity (Wildman–Crippen MR) is 87.2 cm³/mol. The van der Waals surface area contributed by atoms with Gasteiger partial charge in [-0.3, -0.25) is 4.72 Å². The van der Waals surface area contributed by atoms with Crippen molar-refractivity contribution in [1.29, 1.82) is 0 Å². The van der Waals surface area contributed by atoms with Crippen molar-refractivity contribution >= 4 is 48.8 Å². The van der Waals surface area contributed by atoms with E-state index < -0.39 is 15.8 Å². The first-order valence-corrected chi connectivity index (χ1v) is 8.36. The van der Waals surface area contributed by atoms with Gasteiger partial charge in [0.1, 0.15) is 15.7 Å². The van der Waals surface area contributed by atoms with E-state index in [0.29, 0.717) is 10.2 Å². The van der Waals surface area contributed by atoms with Crippen LogP contribution in [0, 0.1) is 5.82 Å². The van der Waals surface area contributed by atoms with Gasteiger partial charge in [0, 0.05) is 10.2 Å². The number of nitrogens with one attached hydrogen (secondary N) is 1. The number of hydrogen-bond donors (Lipinski definition) is 2. The average Bonchev–Trinajstić information content (AvgIpc) is 2.37. The highest BCUT2D eigenvalue weighted by Crippen LogP contribution is 2.23. The summed E-state index contributed by atoms with van der Waals surface area (Å²) in [5, 5.41) is 0. The van der Waals surface area contributed by atoms with Crippen LogP contribution in [-0.4, -0.2) is 13.4 Å². The highest BCUT2D eigenvalue weighted by molar-refractivity contribution is 9.10. The number of sulfonamides is 1. The van der Waals surface area contributed by atoms with Gasteiger partial charge in [-0.2, -0.15) is 0 Å². The molecule has 0 heterocycles. The Balaban J connectivity index is 2.50. The van der Waals surface area contributed by atoms with E-state index in [1.807, 2.05) is 0 Å². The first-order valence-electron chi connectivity index (χ1n) is 5.68. The molecule has 3 N–H and O–H groups in total. The Kier molecular flexibility index (Phi) is 4.60. The fourth-order valence-electron chi connectivity index (χ4n) is 1.73. The molecular weight excluding hydrogens is 379 g/mol. The minimum Gasteiger partial charge on any atom is -0.389 e. The van der Waals surface area contributed by atoms with Crippen molar-refractivity contribution in [2.24, 2.45) is 5.73 Å². The third-order valence-corrected chi connectivity index (χ3v) is 4.71. The van der Waals surface area contributed by atoms with Crippen molar-refractivity contribution in [3.8, 4) is 0 Å². The zero-order chi connectivity index (χ0) is 15.6. The van der Waals surface area contributed by atoms with Crippen molar-refractivity contribution in [2.45, 2.75) is 4.90 Å². The molecule has 8 heteroatoms. The van der Waals surface area contributed by atoms with Gasteiger partial charge in [0.2, 0.25) is 0 Å². The standard InChI is InChI=1S/C13H10BrFN2O2S2/c14-8-3-1-4-9(7-8)17-21(18,19)11-6-2-5-10(15)12(11)13(16)20/h1-7,17H,(H2,16,20). The van der Waals surface area contributed by atoms with Crippen LogP contribution in [0.5, 0.6) is 0 Å². The molecule has 0 aromatic heterocycles. The molecule has 0 radical (unpaired) electrons. The second-order valence-corrected chi connectivity index (χ2v) is 7.10. The number of rotatable bonds is 4. The van der Waals surface area contributed by atoms with Gasteiger partial charge in [0.25, 0.3) is 10.0 Å². The summed E-state index contributed by atoms with van der Waals surface area (Å²) in [6.07, 6.45) is 0. The Morgan fingerprint density at radius 2 is 1.90 bits per heavy atom. The molecule has 0 aliphatic heterocycles. The van der Waals surface area contributed by atoms with Gasteiger partial charge in [-0.1, -0.05) is 40.3 Å². The Morgan fingerprint density at radius 3 is 2.52 bits per heavy atom. The summed E-state index contributed by atoms with van der Waals surface area (Å²) < 4.78 is 41.6. The van der Waals surface area contributed by atoms with E-state index in [4.69, 9.17) is 18.0 Å². The van der Waals surface area contributed by atoms with Crippen LogP contribution in [0.15, 0.2) is 51.8 Å². The van der Waals surface area contributed by atoms with Gasteiger partial charge in [0.05, 0.1) is 5.56 Å². The second kappa shape index (κ2) is 6.08. The van der Waals surface area contributed by atoms with Gasteiger partial charge >= 0.3 is 0 Å². The monoisotopic (exact) mass is 388 g/mol. The summed E-state index contributed by atoms with van der Waals surface area (Å²) in [5.41, 5.74) is 5.46. The van der Waals surface area contributed by atoms with Crippen LogP contribution in [0.1, 0.15) is 5.56 Å². The van der Waals surface area contributed by atoms with Crippen molar-refractivity contribution in [3.05, 3.63) is 58.3 Å². The third-order valence-electron chi connectivity index (χ3n) is 2.59. The minimum atomic E-state index is -4.01. The van der Waals surface area contributed by atoms with Gasteiger partial charge in [-0.15, -0.1) is 0 Å². The van der Waals surface area contributed by atoms with Crippen molar-refractivity contribution in [3.63, 3.8) is 0 Å². The Morgan fingerprint density at radius 1 is 1.24 bits per heavy atom. The van der Waals surface area contributed by atoms with Crippen LogP contribution in [-0.2, 0) is 10.0 Å². The summed E-state index contributed by atoms with van der Waals surface area (Å²) in [6, 6.07) is 10.2. The molecule has 21 heavy (non-hydrogen) atoms. The maximum Gasteiger partial charge on any atom is 0.262 e. The fraction of sp³-hybridized carbons (Fsp3) is 0. The maximum atomic E-state index is 13.8. The molecular formula is C13H10BrFN2O2S2. The molecule has 2 aromatic rings. The van der Waals surface area contributed by atoms with E-state index in [2.05, 4.69) is 20.7 Å². The smallest absolute Gasteiger partial charge is 0.262 e. The molecule has 0 saturated carbocycles. The molecule has 0 aliphatic rings. The second-order valence-electron chi connectivity index (χ2n) is 4.09. The number of anilines is 1. The van der Waals surface area contributed by atoms with Crippen LogP contribution in [0.25, 0.3) is 0 Å². The summed E-state index contributed by atoms with van der Waals surface area (Å²) >= 11 is 7.97. The lowest BCUT2D eigenvalue weighted by atomic mass is 10.2. The van der Waals surface area contributed by atoms with E-state index in [0.717, 1.165) is 6.07 Å².